The Balaban J connectivity index is 1.86. The summed E-state index contributed by atoms with van der Waals surface area (Å²) in [6, 6.07) is 0. The van der Waals surface area contributed by atoms with E-state index in [0.29, 0.717) is 11.8 Å². The van der Waals surface area contributed by atoms with Gasteiger partial charge in [-0.25, -0.2) is 0 Å². The first-order valence-electron chi connectivity index (χ1n) is 6.83. The van der Waals surface area contributed by atoms with Crippen molar-refractivity contribution >= 4 is 0 Å². The molecule has 0 aliphatic heterocycles. The number of ether oxygens (including phenoxy) is 1. The molecule has 3 nitrogen and oxygen atoms in total. The molecule has 18 heavy (non-hydrogen) atoms. The van der Waals surface area contributed by atoms with Crippen molar-refractivity contribution in [2.75, 3.05) is 7.11 Å². The Labute approximate surface area is 110 Å². The van der Waals surface area contributed by atoms with E-state index in [1.807, 2.05) is 6.26 Å². The van der Waals surface area contributed by atoms with Gasteiger partial charge in [0.2, 0.25) is 0 Å². The van der Waals surface area contributed by atoms with E-state index in [1.54, 1.807) is 7.11 Å². The van der Waals surface area contributed by atoms with E-state index in [9.17, 15) is 0 Å². The van der Waals surface area contributed by atoms with Gasteiger partial charge in [-0.15, -0.1) is 0 Å². The molecule has 1 atom stereocenters. The molecule has 1 unspecified atom stereocenters. The van der Waals surface area contributed by atoms with Gasteiger partial charge < -0.3 is 16.2 Å². The fourth-order valence-corrected chi connectivity index (χ4v) is 3.06. The average molecular weight is 248 g/mol. The topological polar surface area (TPSA) is 61.3 Å². The molecule has 100 valence electrons. The molecule has 0 aromatic carbocycles. The van der Waals surface area contributed by atoms with Gasteiger partial charge in [-0.3, -0.25) is 0 Å². The number of hydrogen-bond acceptors (Lipinski definition) is 3. The highest BCUT2D eigenvalue weighted by molar-refractivity contribution is 5.29. The molecule has 1 saturated carbocycles. The second-order valence-corrected chi connectivity index (χ2v) is 5.42. The molecular formula is C15H24N2O. The molecular weight excluding hydrogens is 224 g/mol. The normalized spacial score (nSPS) is 33.1. The van der Waals surface area contributed by atoms with Crippen LogP contribution in [0.5, 0.6) is 0 Å². The highest BCUT2D eigenvalue weighted by atomic mass is 16.5. The molecule has 2 rings (SSSR count). The summed E-state index contributed by atoms with van der Waals surface area (Å²) in [6.07, 6.45) is 14.4. The van der Waals surface area contributed by atoms with Crippen molar-refractivity contribution in [3.8, 4) is 0 Å². The molecule has 1 fully saturated rings. The van der Waals surface area contributed by atoms with Gasteiger partial charge in [-0.05, 0) is 55.9 Å². The summed E-state index contributed by atoms with van der Waals surface area (Å²) in [4.78, 5) is 0. The molecule has 0 aromatic heterocycles. The van der Waals surface area contributed by atoms with Crippen LogP contribution in [0.2, 0.25) is 0 Å². The summed E-state index contributed by atoms with van der Waals surface area (Å²) in [7, 11) is 1.70. The lowest BCUT2D eigenvalue weighted by Gasteiger charge is -2.32. The van der Waals surface area contributed by atoms with Crippen molar-refractivity contribution in [2.24, 2.45) is 29.2 Å². The predicted octanol–water partition coefficient (Wildman–Crippen LogP) is 2.66. The Hall–Kier alpha value is -1.38. The van der Waals surface area contributed by atoms with Crippen LogP contribution in [0.15, 0.2) is 35.9 Å². The third-order valence-corrected chi connectivity index (χ3v) is 4.25. The van der Waals surface area contributed by atoms with Crippen molar-refractivity contribution in [3.05, 3.63) is 35.9 Å². The van der Waals surface area contributed by atoms with Crippen LogP contribution in [0, 0.1) is 17.8 Å². The van der Waals surface area contributed by atoms with E-state index in [4.69, 9.17) is 16.2 Å². The van der Waals surface area contributed by atoms with E-state index in [1.165, 1.54) is 25.7 Å². The summed E-state index contributed by atoms with van der Waals surface area (Å²) >= 11 is 0. The molecule has 3 heteroatoms. The highest BCUT2D eigenvalue weighted by Crippen LogP contribution is 2.37. The van der Waals surface area contributed by atoms with Crippen LogP contribution in [0.4, 0.5) is 0 Å². The van der Waals surface area contributed by atoms with Gasteiger partial charge in [0.05, 0.1) is 24.8 Å². The van der Waals surface area contributed by atoms with Gasteiger partial charge in [0.15, 0.2) is 0 Å². The number of hydrogen-bond donors (Lipinski definition) is 2. The summed E-state index contributed by atoms with van der Waals surface area (Å²) in [5.41, 5.74) is 13.2. The summed E-state index contributed by atoms with van der Waals surface area (Å²) < 4.78 is 4.99. The van der Waals surface area contributed by atoms with Crippen molar-refractivity contribution in [3.63, 3.8) is 0 Å². The molecule has 4 N–H and O–H groups in total. The number of methoxy groups -OCH3 is 1. The molecule has 0 saturated heterocycles. The summed E-state index contributed by atoms with van der Waals surface area (Å²) in [5.74, 6) is 2.04. The molecule has 0 spiro atoms. The lowest BCUT2D eigenvalue weighted by atomic mass is 9.73. The number of nitrogens with two attached hydrogens (primary N) is 2. The zero-order valence-electron chi connectivity index (χ0n) is 11.1. The van der Waals surface area contributed by atoms with Crippen molar-refractivity contribution in [1.29, 1.82) is 0 Å². The Bertz CT molecular complexity index is 363. The van der Waals surface area contributed by atoms with Crippen LogP contribution in [0.3, 0.4) is 0 Å². The fraction of sp³-hybridized carbons (Fsp3) is 0.600. The van der Waals surface area contributed by atoms with E-state index in [-0.39, 0.29) is 0 Å². The summed E-state index contributed by atoms with van der Waals surface area (Å²) in [5, 5.41) is 0. The molecule has 0 heterocycles. The first-order valence-corrected chi connectivity index (χ1v) is 6.83. The lowest BCUT2D eigenvalue weighted by Crippen LogP contribution is -2.24. The third kappa shape index (κ3) is 3.09. The molecule has 0 radical (unpaired) electrons. The predicted molar refractivity (Wildman–Crippen MR) is 74.2 cm³/mol. The second kappa shape index (κ2) is 5.98. The van der Waals surface area contributed by atoms with E-state index < -0.39 is 0 Å². The maximum absolute atomic E-state index is 5.91. The zero-order chi connectivity index (χ0) is 13.0. The van der Waals surface area contributed by atoms with Gasteiger partial charge >= 0.3 is 0 Å². The maximum atomic E-state index is 5.91. The Morgan fingerprint density at radius 1 is 1.17 bits per heavy atom. The summed E-state index contributed by atoms with van der Waals surface area (Å²) in [6.45, 7) is 0. The van der Waals surface area contributed by atoms with Gasteiger partial charge in [0.1, 0.15) is 0 Å². The lowest BCUT2D eigenvalue weighted by molar-refractivity contribution is 0.248. The van der Waals surface area contributed by atoms with E-state index in [0.717, 1.165) is 23.7 Å². The highest BCUT2D eigenvalue weighted by Gasteiger charge is 2.26. The van der Waals surface area contributed by atoms with E-state index >= 15 is 0 Å². The van der Waals surface area contributed by atoms with Crippen molar-refractivity contribution < 1.29 is 4.74 Å². The zero-order valence-corrected chi connectivity index (χ0v) is 11.1. The maximum Gasteiger partial charge on any atom is 0.0787 e. The van der Waals surface area contributed by atoms with Crippen LogP contribution in [0.1, 0.15) is 32.1 Å². The molecule has 2 aliphatic rings. The van der Waals surface area contributed by atoms with Crippen LogP contribution < -0.4 is 11.5 Å². The van der Waals surface area contributed by atoms with Gasteiger partial charge in [-0.2, -0.15) is 0 Å². The molecule has 0 bridgehead atoms. The monoisotopic (exact) mass is 248 g/mol. The SMILES string of the molecule is CO/C=C/C1CCC(C2C=C(N)C(N)=CC2)CC1. The number of rotatable bonds is 3. The van der Waals surface area contributed by atoms with Gasteiger partial charge in [0, 0.05) is 0 Å². The first-order chi connectivity index (χ1) is 8.70. The number of allylic oxidation sites excluding steroid dienone is 3. The smallest absolute Gasteiger partial charge is 0.0787 e. The third-order valence-electron chi connectivity index (χ3n) is 4.25. The van der Waals surface area contributed by atoms with Gasteiger partial charge in [-0.1, -0.05) is 12.2 Å². The minimum absolute atomic E-state index is 0.588. The van der Waals surface area contributed by atoms with Crippen LogP contribution in [0.25, 0.3) is 0 Å². The van der Waals surface area contributed by atoms with Crippen molar-refractivity contribution in [2.45, 2.75) is 32.1 Å². The van der Waals surface area contributed by atoms with Crippen LogP contribution in [-0.2, 0) is 4.74 Å². The Morgan fingerprint density at radius 3 is 2.50 bits per heavy atom. The second-order valence-electron chi connectivity index (χ2n) is 5.42. The Kier molecular flexibility index (Phi) is 4.34. The first kappa shape index (κ1) is 13.1. The average Bonchev–Trinajstić information content (AvgIpc) is 2.40. The van der Waals surface area contributed by atoms with Crippen molar-refractivity contribution in [1.82, 2.24) is 0 Å². The minimum Gasteiger partial charge on any atom is -0.505 e. The minimum atomic E-state index is 0.588. The Morgan fingerprint density at radius 2 is 1.89 bits per heavy atom. The molecule has 0 amide bonds. The van der Waals surface area contributed by atoms with Crippen LogP contribution >= 0.6 is 0 Å². The van der Waals surface area contributed by atoms with E-state index in [2.05, 4.69) is 18.2 Å². The van der Waals surface area contributed by atoms with Gasteiger partial charge in [0.25, 0.3) is 0 Å². The standard InChI is InChI=1S/C15H24N2O/c1-18-9-8-11-2-4-12(5-3-11)13-6-7-14(16)15(17)10-13/h7-13H,2-6,16-17H2,1H3/b9-8+. The largest absolute Gasteiger partial charge is 0.505 e. The van der Waals surface area contributed by atoms with Crippen LogP contribution in [-0.4, -0.2) is 7.11 Å². The molecule has 2 aliphatic carbocycles. The molecule has 0 aromatic rings. The fourth-order valence-electron chi connectivity index (χ4n) is 3.06. The quantitative estimate of drug-likeness (QED) is 0.755.